The van der Waals surface area contributed by atoms with Crippen molar-refractivity contribution in [3.05, 3.63) is 36.2 Å². The monoisotopic (exact) mass is 440 g/mol. The number of alkyl halides is 2. The van der Waals surface area contributed by atoms with E-state index in [1.165, 1.54) is 4.57 Å². The van der Waals surface area contributed by atoms with Crippen LogP contribution in [0.15, 0.2) is 30.3 Å². The summed E-state index contributed by atoms with van der Waals surface area (Å²) in [5, 5.41) is 0. The standard InChI is InChI=1S/C22H22F2N6O2/c23-18(24)19-25-14-3-1-2-4-15(14)30(19)20-26-16(28-6-21(7-28)10-31-11-21)5-17(27-20)29-8-22(9-29)12-32-13-22/h1-5,18H,6-13H2. The number of imidazole rings is 1. The predicted octanol–water partition coefficient (Wildman–Crippen LogP) is 2.43. The van der Waals surface area contributed by atoms with E-state index in [9.17, 15) is 8.78 Å². The molecule has 0 atom stereocenters. The fourth-order valence-electron chi connectivity index (χ4n) is 5.23. The highest BCUT2D eigenvalue weighted by Gasteiger charge is 2.51. The topological polar surface area (TPSA) is 68.5 Å². The zero-order valence-corrected chi connectivity index (χ0v) is 17.4. The molecule has 0 amide bonds. The van der Waals surface area contributed by atoms with Gasteiger partial charge in [-0.1, -0.05) is 12.1 Å². The molecule has 3 aromatic rings. The number of benzene rings is 1. The number of hydrogen-bond acceptors (Lipinski definition) is 7. The summed E-state index contributed by atoms with van der Waals surface area (Å²) >= 11 is 0. The van der Waals surface area contributed by atoms with Crippen LogP contribution in [0, 0.1) is 10.8 Å². The van der Waals surface area contributed by atoms with Crippen LogP contribution in [0.3, 0.4) is 0 Å². The van der Waals surface area contributed by atoms with Crippen LogP contribution in [-0.4, -0.2) is 72.1 Å². The first kappa shape index (κ1) is 18.7. The molecule has 0 aliphatic carbocycles. The summed E-state index contributed by atoms with van der Waals surface area (Å²) in [6.45, 7) is 6.49. The van der Waals surface area contributed by atoms with Crippen LogP contribution in [0.1, 0.15) is 12.2 Å². The molecule has 4 aliphatic heterocycles. The molecule has 10 heteroatoms. The highest BCUT2D eigenvalue weighted by molar-refractivity contribution is 5.78. The zero-order chi connectivity index (χ0) is 21.5. The maximum atomic E-state index is 13.9. The number of fused-ring (bicyclic) bond motifs is 1. The molecule has 2 aromatic heterocycles. The van der Waals surface area contributed by atoms with E-state index in [1.807, 2.05) is 12.1 Å². The third kappa shape index (κ3) is 2.62. The smallest absolute Gasteiger partial charge is 0.296 e. The van der Waals surface area contributed by atoms with Crippen LogP contribution < -0.4 is 9.80 Å². The predicted molar refractivity (Wildman–Crippen MR) is 113 cm³/mol. The van der Waals surface area contributed by atoms with Crippen LogP contribution in [0.5, 0.6) is 0 Å². The van der Waals surface area contributed by atoms with E-state index in [-0.39, 0.29) is 22.6 Å². The number of para-hydroxylation sites is 2. The summed E-state index contributed by atoms with van der Waals surface area (Å²) in [6, 6.07) is 9.08. The van der Waals surface area contributed by atoms with Crippen LogP contribution in [0.4, 0.5) is 20.4 Å². The molecule has 8 nitrogen and oxygen atoms in total. The summed E-state index contributed by atoms with van der Waals surface area (Å²) in [7, 11) is 0. The SMILES string of the molecule is FC(F)c1nc2ccccc2n1-c1nc(N2CC3(COC3)C2)cc(N2CC3(COC3)C2)n1. The lowest BCUT2D eigenvalue weighted by Crippen LogP contribution is -2.67. The van der Waals surface area contributed by atoms with Gasteiger partial charge >= 0.3 is 0 Å². The molecule has 4 aliphatic rings. The average molecular weight is 440 g/mol. The molecular formula is C22H22F2N6O2. The molecule has 7 rings (SSSR count). The number of nitrogens with zero attached hydrogens (tertiary/aromatic N) is 6. The first-order chi connectivity index (χ1) is 15.5. The van der Waals surface area contributed by atoms with Gasteiger partial charge in [0.15, 0.2) is 5.82 Å². The minimum absolute atomic E-state index is 0.213. The minimum Gasteiger partial charge on any atom is -0.380 e. The molecular weight excluding hydrogens is 418 g/mol. The number of anilines is 2. The van der Waals surface area contributed by atoms with E-state index < -0.39 is 6.43 Å². The molecule has 0 saturated carbocycles. The average Bonchev–Trinajstić information content (AvgIpc) is 3.03. The van der Waals surface area contributed by atoms with Gasteiger partial charge in [-0.2, -0.15) is 9.97 Å². The van der Waals surface area contributed by atoms with Crippen molar-refractivity contribution in [2.24, 2.45) is 10.8 Å². The lowest BCUT2D eigenvalue weighted by Gasteiger charge is -2.56. The quantitative estimate of drug-likeness (QED) is 0.617. The van der Waals surface area contributed by atoms with Crippen molar-refractivity contribution >= 4 is 22.7 Å². The largest absolute Gasteiger partial charge is 0.380 e. The van der Waals surface area contributed by atoms with E-state index in [0.29, 0.717) is 11.0 Å². The lowest BCUT2D eigenvalue weighted by atomic mass is 9.77. The van der Waals surface area contributed by atoms with Gasteiger partial charge in [-0.15, -0.1) is 0 Å². The fraction of sp³-hybridized carbons (Fsp3) is 0.500. The number of halogens is 2. The Hall–Kier alpha value is -2.85. The van der Waals surface area contributed by atoms with Crippen molar-refractivity contribution in [2.75, 3.05) is 62.4 Å². The van der Waals surface area contributed by atoms with E-state index in [1.54, 1.807) is 18.2 Å². The fourth-order valence-corrected chi connectivity index (χ4v) is 5.23. The second-order valence-corrected chi connectivity index (χ2v) is 9.68. The Kier molecular flexibility index (Phi) is 3.71. The summed E-state index contributed by atoms with van der Waals surface area (Å²) in [5.74, 6) is 1.41. The van der Waals surface area contributed by atoms with Crippen molar-refractivity contribution in [1.82, 2.24) is 19.5 Å². The lowest BCUT2D eigenvalue weighted by molar-refractivity contribution is -0.127. The Morgan fingerprint density at radius 3 is 1.88 bits per heavy atom. The van der Waals surface area contributed by atoms with E-state index in [2.05, 4.69) is 14.8 Å². The maximum Gasteiger partial charge on any atom is 0.296 e. The van der Waals surface area contributed by atoms with Gasteiger partial charge < -0.3 is 19.3 Å². The van der Waals surface area contributed by atoms with E-state index in [4.69, 9.17) is 19.4 Å². The summed E-state index contributed by atoms with van der Waals surface area (Å²) in [5.41, 5.74) is 1.50. The van der Waals surface area contributed by atoms with Crippen molar-refractivity contribution < 1.29 is 18.3 Å². The number of hydrogen-bond donors (Lipinski definition) is 0. The van der Waals surface area contributed by atoms with Gasteiger partial charge in [-0.3, -0.25) is 4.57 Å². The Balaban J connectivity index is 1.32. The van der Waals surface area contributed by atoms with Gasteiger partial charge in [0.05, 0.1) is 48.3 Å². The summed E-state index contributed by atoms with van der Waals surface area (Å²) in [6.07, 6.45) is -2.74. The van der Waals surface area contributed by atoms with Gasteiger partial charge in [-0.25, -0.2) is 13.8 Å². The Labute approximate surface area is 182 Å². The zero-order valence-electron chi connectivity index (χ0n) is 17.4. The van der Waals surface area contributed by atoms with Crippen LogP contribution in [-0.2, 0) is 9.47 Å². The second kappa shape index (κ2) is 6.35. The first-order valence-electron chi connectivity index (χ1n) is 10.8. The third-order valence-electron chi connectivity index (χ3n) is 7.06. The summed E-state index contributed by atoms with van der Waals surface area (Å²) < 4.78 is 40.1. The molecule has 4 fully saturated rings. The van der Waals surface area contributed by atoms with Gasteiger partial charge in [0.25, 0.3) is 6.43 Å². The Morgan fingerprint density at radius 1 is 0.812 bits per heavy atom. The molecule has 6 heterocycles. The van der Waals surface area contributed by atoms with Crippen molar-refractivity contribution in [2.45, 2.75) is 6.43 Å². The van der Waals surface area contributed by atoms with Crippen LogP contribution >= 0.6 is 0 Å². The Morgan fingerprint density at radius 2 is 1.38 bits per heavy atom. The molecule has 4 saturated heterocycles. The Bertz CT molecular complexity index is 1160. The molecule has 0 bridgehead atoms. The number of rotatable bonds is 4. The van der Waals surface area contributed by atoms with Crippen molar-refractivity contribution in [3.63, 3.8) is 0 Å². The highest BCUT2D eigenvalue weighted by atomic mass is 19.3. The second-order valence-electron chi connectivity index (χ2n) is 9.68. The normalized spacial score (nSPS) is 22.7. The van der Waals surface area contributed by atoms with Gasteiger partial charge in [0, 0.05) is 32.2 Å². The van der Waals surface area contributed by atoms with Crippen molar-refractivity contribution in [1.29, 1.82) is 0 Å². The number of ether oxygens (including phenoxy) is 2. The first-order valence-corrected chi connectivity index (χ1v) is 10.8. The van der Waals surface area contributed by atoms with Gasteiger partial charge in [-0.05, 0) is 12.1 Å². The van der Waals surface area contributed by atoms with Crippen molar-refractivity contribution in [3.8, 4) is 5.95 Å². The van der Waals surface area contributed by atoms with Crippen LogP contribution in [0.25, 0.3) is 17.0 Å². The molecule has 2 spiro atoms. The molecule has 32 heavy (non-hydrogen) atoms. The summed E-state index contributed by atoms with van der Waals surface area (Å²) in [4.78, 5) is 18.0. The molecule has 0 radical (unpaired) electrons. The number of aromatic nitrogens is 4. The van der Waals surface area contributed by atoms with Crippen LogP contribution in [0.2, 0.25) is 0 Å². The van der Waals surface area contributed by atoms with Gasteiger partial charge in [0.1, 0.15) is 11.6 Å². The third-order valence-corrected chi connectivity index (χ3v) is 7.06. The molecule has 0 unspecified atom stereocenters. The molecule has 1 aromatic carbocycles. The van der Waals surface area contributed by atoms with E-state index >= 15 is 0 Å². The van der Waals surface area contributed by atoms with E-state index in [0.717, 1.165) is 64.2 Å². The van der Waals surface area contributed by atoms with Gasteiger partial charge in [0.2, 0.25) is 5.95 Å². The maximum absolute atomic E-state index is 13.9. The minimum atomic E-state index is -2.74. The molecule has 166 valence electrons. The molecule has 0 N–H and O–H groups in total. The highest BCUT2D eigenvalue weighted by Crippen LogP contribution is 2.43.